The zero-order valence-corrected chi connectivity index (χ0v) is 20.0. The molecule has 180 valence electrons. The number of benzene rings is 2. The third kappa shape index (κ3) is 4.09. The van der Waals surface area contributed by atoms with Gasteiger partial charge < -0.3 is 20.5 Å². The van der Waals surface area contributed by atoms with E-state index >= 15 is 0 Å². The minimum Gasteiger partial charge on any atom is -0.355 e. The molecule has 3 aromatic carbocycles. The van der Waals surface area contributed by atoms with Crippen LogP contribution in [0.4, 0.5) is 28.6 Å². The van der Waals surface area contributed by atoms with Crippen LogP contribution in [-0.4, -0.2) is 28.0 Å². The van der Waals surface area contributed by atoms with Gasteiger partial charge in [-0.1, -0.05) is 29.8 Å². The Bertz CT molecular complexity index is 1640. The molecule has 0 radical (unpaired) electrons. The molecular formula is C27H23ClN6O2. The number of nitrogens with zero attached hydrogens (tertiary/aromatic N) is 3. The molecule has 1 atom stereocenters. The number of aromatic nitrogens is 3. The number of hydrogen-bond acceptors (Lipinski definition) is 7. The minimum absolute atomic E-state index is 0.246. The number of halogens is 1. The van der Waals surface area contributed by atoms with E-state index in [1.54, 1.807) is 30.6 Å². The molecule has 0 amide bonds. The highest BCUT2D eigenvalue weighted by Crippen LogP contribution is 2.33. The molecule has 8 nitrogen and oxygen atoms in total. The summed E-state index contributed by atoms with van der Waals surface area (Å²) < 4.78 is 0. The van der Waals surface area contributed by atoms with Gasteiger partial charge in [-0.25, -0.2) is 9.97 Å². The van der Waals surface area contributed by atoms with Crippen molar-refractivity contribution in [1.29, 1.82) is 0 Å². The molecule has 1 fully saturated rings. The largest absolute Gasteiger partial charge is 0.355 e. The summed E-state index contributed by atoms with van der Waals surface area (Å²) in [5.41, 5.74) is 2.85. The fraction of sp³-hybridized carbons (Fsp3) is 0.185. The highest BCUT2D eigenvalue weighted by atomic mass is 35.5. The van der Waals surface area contributed by atoms with Crippen molar-refractivity contribution in [2.75, 3.05) is 28.6 Å². The van der Waals surface area contributed by atoms with Crippen molar-refractivity contribution < 1.29 is 0 Å². The first-order valence-electron chi connectivity index (χ1n) is 11.8. The zero-order valence-electron chi connectivity index (χ0n) is 19.3. The van der Waals surface area contributed by atoms with Crippen molar-refractivity contribution >= 4 is 51.2 Å². The van der Waals surface area contributed by atoms with Crippen molar-refractivity contribution in [1.82, 2.24) is 15.0 Å². The van der Waals surface area contributed by atoms with Crippen LogP contribution < -0.4 is 26.4 Å². The Labute approximate surface area is 211 Å². The van der Waals surface area contributed by atoms with Gasteiger partial charge in [0.25, 0.3) is 10.9 Å². The summed E-state index contributed by atoms with van der Waals surface area (Å²) in [6.45, 7) is 1.77. The SMILES string of the molecule is O=c1c(Nc2cccc(Cl)c2)c(Nc2cccc(C3CCCN(c4ncnc5[nH]ccc45)C3)c2)c1=O. The molecule has 1 unspecified atom stereocenters. The minimum atomic E-state index is -0.544. The summed E-state index contributed by atoms with van der Waals surface area (Å²) in [6, 6.07) is 17.1. The summed E-state index contributed by atoms with van der Waals surface area (Å²) in [5, 5.41) is 7.75. The van der Waals surface area contributed by atoms with Gasteiger partial charge in [-0.2, -0.15) is 0 Å². The van der Waals surface area contributed by atoms with Crippen molar-refractivity contribution in [3.8, 4) is 0 Å². The molecule has 2 aromatic heterocycles. The molecule has 0 spiro atoms. The van der Waals surface area contributed by atoms with Crippen molar-refractivity contribution in [3.63, 3.8) is 0 Å². The number of H-pyrrole nitrogens is 1. The number of hydrogen-bond donors (Lipinski definition) is 3. The number of nitrogens with one attached hydrogen (secondary N) is 3. The van der Waals surface area contributed by atoms with Crippen LogP contribution in [0.3, 0.4) is 0 Å². The van der Waals surface area contributed by atoms with Crippen molar-refractivity contribution in [2.45, 2.75) is 18.8 Å². The summed E-state index contributed by atoms with van der Waals surface area (Å²) in [6.07, 6.45) is 5.59. The Balaban J connectivity index is 1.22. The maximum absolute atomic E-state index is 12.3. The normalized spacial score (nSPS) is 15.9. The zero-order chi connectivity index (χ0) is 24.6. The third-order valence-corrected chi connectivity index (χ3v) is 6.92. The first-order chi connectivity index (χ1) is 17.6. The van der Waals surface area contributed by atoms with E-state index in [9.17, 15) is 9.59 Å². The molecule has 0 bridgehead atoms. The average molecular weight is 499 g/mol. The third-order valence-electron chi connectivity index (χ3n) is 6.69. The molecule has 9 heteroatoms. The Kier molecular flexibility index (Phi) is 5.65. The highest BCUT2D eigenvalue weighted by molar-refractivity contribution is 6.30. The lowest BCUT2D eigenvalue weighted by atomic mass is 9.90. The predicted molar refractivity (Wildman–Crippen MR) is 144 cm³/mol. The molecule has 0 saturated carbocycles. The fourth-order valence-corrected chi connectivity index (χ4v) is 5.10. The molecule has 1 saturated heterocycles. The molecule has 6 rings (SSSR count). The molecular weight excluding hydrogens is 476 g/mol. The summed E-state index contributed by atoms with van der Waals surface area (Å²) in [7, 11) is 0. The molecule has 5 aromatic rings. The first-order valence-corrected chi connectivity index (χ1v) is 12.2. The van der Waals surface area contributed by atoms with Gasteiger partial charge in [0, 0.05) is 41.6 Å². The van der Waals surface area contributed by atoms with Crippen LogP contribution >= 0.6 is 11.6 Å². The van der Waals surface area contributed by atoms with Gasteiger partial charge in [0.1, 0.15) is 29.2 Å². The van der Waals surface area contributed by atoms with Crippen LogP contribution in [-0.2, 0) is 0 Å². The van der Waals surface area contributed by atoms with Crippen LogP contribution in [0, 0.1) is 0 Å². The van der Waals surface area contributed by atoms with Crippen LogP contribution in [0.25, 0.3) is 11.0 Å². The second kappa shape index (κ2) is 9.13. The van der Waals surface area contributed by atoms with Crippen LogP contribution in [0.5, 0.6) is 0 Å². The monoisotopic (exact) mass is 498 g/mol. The van der Waals surface area contributed by atoms with E-state index in [1.807, 2.05) is 24.4 Å². The maximum atomic E-state index is 12.3. The van der Waals surface area contributed by atoms with Gasteiger partial charge in [0.2, 0.25) is 0 Å². The van der Waals surface area contributed by atoms with E-state index in [1.165, 1.54) is 5.56 Å². The molecule has 36 heavy (non-hydrogen) atoms. The Morgan fingerprint density at radius 2 is 1.69 bits per heavy atom. The Morgan fingerprint density at radius 1 is 0.944 bits per heavy atom. The molecule has 3 heterocycles. The van der Waals surface area contributed by atoms with Crippen molar-refractivity contribution in [3.05, 3.63) is 98.2 Å². The van der Waals surface area contributed by atoms with Gasteiger partial charge in [0.15, 0.2) is 0 Å². The predicted octanol–water partition coefficient (Wildman–Crippen LogP) is 5.08. The lowest BCUT2D eigenvalue weighted by molar-refractivity contribution is 0.508. The van der Waals surface area contributed by atoms with E-state index in [0.717, 1.165) is 48.5 Å². The van der Waals surface area contributed by atoms with Crippen LogP contribution in [0.2, 0.25) is 5.02 Å². The maximum Gasteiger partial charge on any atom is 0.253 e. The number of rotatable bonds is 6. The lowest BCUT2D eigenvalue weighted by Gasteiger charge is -2.34. The van der Waals surface area contributed by atoms with Crippen LogP contribution in [0.15, 0.2) is 76.7 Å². The summed E-state index contributed by atoms with van der Waals surface area (Å²) in [4.78, 5) is 38.9. The summed E-state index contributed by atoms with van der Waals surface area (Å²) in [5.74, 6) is 1.25. The average Bonchev–Trinajstić information content (AvgIpc) is 3.40. The molecule has 1 aliphatic heterocycles. The standard InChI is InChI=1S/C27H23ClN6O2/c28-18-6-2-8-20(13-18)33-23-22(24(35)25(23)36)32-19-7-1-4-16(12-19)17-5-3-11-34(14-17)27-21-9-10-29-26(21)30-15-31-27/h1-2,4,6-10,12-13,15,17,32-33H,3,5,11,14H2,(H,29,30,31). The van der Waals surface area contributed by atoms with Gasteiger partial charge in [-0.05, 0) is 54.8 Å². The lowest BCUT2D eigenvalue weighted by Crippen LogP contribution is -2.36. The first kappa shape index (κ1) is 22.3. The van der Waals surface area contributed by atoms with E-state index in [4.69, 9.17) is 11.6 Å². The van der Waals surface area contributed by atoms with E-state index in [2.05, 4.69) is 42.6 Å². The number of piperidine rings is 1. The topological polar surface area (TPSA) is 103 Å². The second-order valence-electron chi connectivity index (χ2n) is 9.02. The van der Waals surface area contributed by atoms with Crippen molar-refractivity contribution in [2.24, 2.45) is 0 Å². The van der Waals surface area contributed by atoms with E-state index in [-0.39, 0.29) is 11.4 Å². The number of fused-ring (bicyclic) bond motifs is 1. The highest BCUT2D eigenvalue weighted by Gasteiger charge is 2.25. The fourth-order valence-electron chi connectivity index (χ4n) is 4.91. The number of anilines is 5. The van der Waals surface area contributed by atoms with Gasteiger partial charge in [-0.15, -0.1) is 0 Å². The van der Waals surface area contributed by atoms with E-state index < -0.39 is 10.9 Å². The molecule has 1 aliphatic rings. The quantitative estimate of drug-likeness (QED) is 0.280. The Hall–Kier alpha value is -4.17. The second-order valence-corrected chi connectivity index (χ2v) is 9.45. The van der Waals surface area contributed by atoms with E-state index in [0.29, 0.717) is 16.6 Å². The summed E-state index contributed by atoms with van der Waals surface area (Å²) >= 11 is 6.05. The molecule has 3 N–H and O–H groups in total. The van der Waals surface area contributed by atoms with Gasteiger partial charge in [-0.3, -0.25) is 9.59 Å². The molecule has 0 aliphatic carbocycles. The van der Waals surface area contributed by atoms with Crippen LogP contribution in [0.1, 0.15) is 24.3 Å². The van der Waals surface area contributed by atoms with Gasteiger partial charge >= 0.3 is 0 Å². The Morgan fingerprint density at radius 3 is 2.47 bits per heavy atom. The number of aromatic amines is 1. The van der Waals surface area contributed by atoms with Gasteiger partial charge in [0.05, 0.1) is 5.39 Å². The smallest absolute Gasteiger partial charge is 0.253 e.